The first-order valence-corrected chi connectivity index (χ1v) is 5.32. The lowest BCUT2D eigenvalue weighted by atomic mass is 9.98. The van der Waals surface area contributed by atoms with Crippen LogP contribution in [0.1, 0.15) is 23.2 Å². The highest BCUT2D eigenvalue weighted by atomic mass is 19.2. The minimum atomic E-state index is -2.29. The molecule has 1 aromatic rings. The highest BCUT2D eigenvalue weighted by Crippen LogP contribution is 2.27. The van der Waals surface area contributed by atoms with Crippen LogP contribution < -0.4 is 0 Å². The normalized spacial score (nSPS) is 14.9. The number of hydrogen-bond acceptors (Lipinski definition) is 2. The highest BCUT2D eigenvalue weighted by molar-refractivity contribution is 6.09. The maximum Gasteiger partial charge on any atom is 0.200 e. The molecule has 0 saturated heterocycles. The van der Waals surface area contributed by atoms with E-state index in [2.05, 4.69) is 0 Å². The van der Waals surface area contributed by atoms with E-state index < -0.39 is 40.4 Å². The van der Waals surface area contributed by atoms with Gasteiger partial charge in [0.05, 0.1) is 12.9 Å². The number of Topliss-reactive ketones (excluding diaryl/α,β-unsaturated/α-hetero) is 1. The number of ether oxygens (including phenoxy) is 1. The summed E-state index contributed by atoms with van der Waals surface area (Å²) in [5.74, 6) is -12.1. The third kappa shape index (κ3) is 2.20. The van der Waals surface area contributed by atoms with Gasteiger partial charge in [-0.25, -0.2) is 22.0 Å². The van der Waals surface area contributed by atoms with E-state index in [4.69, 9.17) is 4.74 Å². The molecule has 1 aliphatic rings. The molecule has 1 aromatic carbocycles. The molecule has 0 atom stereocenters. The molecular formula is C12H7F5O2. The van der Waals surface area contributed by atoms with Crippen molar-refractivity contribution in [1.29, 1.82) is 0 Å². The van der Waals surface area contributed by atoms with Gasteiger partial charge in [0.25, 0.3) is 0 Å². The van der Waals surface area contributed by atoms with Crippen molar-refractivity contribution in [2.75, 3.05) is 6.61 Å². The summed E-state index contributed by atoms with van der Waals surface area (Å²) >= 11 is 0. The van der Waals surface area contributed by atoms with Crippen molar-refractivity contribution in [3.63, 3.8) is 0 Å². The summed E-state index contributed by atoms with van der Waals surface area (Å²) in [4.78, 5) is 11.8. The molecule has 1 aliphatic heterocycles. The van der Waals surface area contributed by atoms with E-state index in [9.17, 15) is 26.7 Å². The summed E-state index contributed by atoms with van der Waals surface area (Å²) in [6, 6.07) is 0. The zero-order valence-corrected chi connectivity index (χ0v) is 9.40. The molecule has 2 nitrogen and oxygen atoms in total. The first kappa shape index (κ1) is 13.5. The van der Waals surface area contributed by atoms with Crippen LogP contribution in [0.5, 0.6) is 0 Å². The Labute approximate surface area is 104 Å². The molecule has 0 radical (unpaired) electrons. The van der Waals surface area contributed by atoms with E-state index in [0.29, 0.717) is 13.0 Å². The van der Waals surface area contributed by atoms with E-state index >= 15 is 0 Å². The Kier molecular flexibility index (Phi) is 3.55. The SMILES string of the molecule is O=C(C1=COCCC1)c1c(F)c(F)c(F)c(F)c1F. The van der Waals surface area contributed by atoms with Gasteiger partial charge >= 0.3 is 0 Å². The number of hydrogen-bond donors (Lipinski definition) is 0. The predicted octanol–water partition coefficient (Wildman–Crippen LogP) is 3.26. The molecule has 0 aromatic heterocycles. The van der Waals surface area contributed by atoms with Gasteiger partial charge in [0.1, 0.15) is 5.56 Å². The summed E-state index contributed by atoms with van der Waals surface area (Å²) in [5, 5.41) is 0. The van der Waals surface area contributed by atoms with E-state index in [1.165, 1.54) is 0 Å². The quantitative estimate of drug-likeness (QED) is 0.359. The minimum absolute atomic E-state index is 0.130. The van der Waals surface area contributed by atoms with Gasteiger partial charge in [-0.15, -0.1) is 0 Å². The number of halogens is 5. The van der Waals surface area contributed by atoms with Crippen molar-refractivity contribution < 1.29 is 31.5 Å². The number of benzene rings is 1. The number of allylic oxidation sites excluding steroid dienone is 1. The van der Waals surface area contributed by atoms with Gasteiger partial charge in [-0.3, -0.25) is 4.79 Å². The third-order valence-electron chi connectivity index (χ3n) is 2.66. The van der Waals surface area contributed by atoms with Gasteiger partial charge in [0, 0.05) is 5.57 Å². The molecule has 0 spiro atoms. The summed E-state index contributed by atoms with van der Waals surface area (Å²) in [5.41, 5.74) is -1.58. The van der Waals surface area contributed by atoms with Gasteiger partial charge in [0.15, 0.2) is 29.1 Å². The molecule has 19 heavy (non-hydrogen) atoms. The molecule has 0 aliphatic carbocycles. The van der Waals surface area contributed by atoms with Crippen LogP contribution in [-0.4, -0.2) is 12.4 Å². The van der Waals surface area contributed by atoms with Crippen molar-refractivity contribution in [2.24, 2.45) is 0 Å². The van der Waals surface area contributed by atoms with Gasteiger partial charge < -0.3 is 4.74 Å². The molecule has 7 heteroatoms. The van der Waals surface area contributed by atoms with Crippen molar-refractivity contribution in [3.8, 4) is 0 Å². The smallest absolute Gasteiger partial charge is 0.200 e. The maximum atomic E-state index is 13.4. The van der Waals surface area contributed by atoms with E-state index in [1.54, 1.807) is 0 Å². The fourth-order valence-electron chi connectivity index (χ4n) is 1.70. The topological polar surface area (TPSA) is 26.3 Å². The largest absolute Gasteiger partial charge is 0.501 e. The Bertz CT molecular complexity index is 551. The minimum Gasteiger partial charge on any atom is -0.501 e. The molecule has 2 rings (SSSR count). The third-order valence-corrected chi connectivity index (χ3v) is 2.66. The highest BCUT2D eigenvalue weighted by Gasteiger charge is 2.31. The Hall–Kier alpha value is -1.92. The average Bonchev–Trinajstić information content (AvgIpc) is 2.44. The maximum absolute atomic E-state index is 13.4. The van der Waals surface area contributed by atoms with E-state index in [-0.39, 0.29) is 12.0 Å². The van der Waals surface area contributed by atoms with Crippen molar-refractivity contribution in [1.82, 2.24) is 0 Å². The fourth-order valence-corrected chi connectivity index (χ4v) is 1.70. The van der Waals surface area contributed by atoms with Gasteiger partial charge in [-0.2, -0.15) is 0 Å². The van der Waals surface area contributed by atoms with Crippen LogP contribution in [0, 0.1) is 29.1 Å². The van der Waals surface area contributed by atoms with Crippen LogP contribution in [0.15, 0.2) is 11.8 Å². The van der Waals surface area contributed by atoms with E-state index in [1.807, 2.05) is 0 Å². The van der Waals surface area contributed by atoms with Crippen LogP contribution in [0.25, 0.3) is 0 Å². The second-order valence-corrected chi connectivity index (χ2v) is 3.89. The van der Waals surface area contributed by atoms with Crippen LogP contribution in [0.3, 0.4) is 0 Å². The fraction of sp³-hybridized carbons (Fsp3) is 0.250. The van der Waals surface area contributed by atoms with Gasteiger partial charge in [-0.05, 0) is 12.8 Å². The summed E-state index contributed by atoms with van der Waals surface area (Å²) in [7, 11) is 0. The Morgan fingerprint density at radius 1 is 0.947 bits per heavy atom. The number of carbonyl (C=O) groups excluding carboxylic acids is 1. The zero-order valence-electron chi connectivity index (χ0n) is 9.40. The summed E-state index contributed by atoms with van der Waals surface area (Å²) < 4.78 is 70.4. The molecule has 0 fully saturated rings. The first-order chi connectivity index (χ1) is 8.95. The second kappa shape index (κ2) is 4.99. The molecular weight excluding hydrogens is 271 g/mol. The van der Waals surface area contributed by atoms with Gasteiger partial charge in [0.2, 0.25) is 5.82 Å². The second-order valence-electron chi connectivity index (χ2n) is 3.89. The molecule has 0 saturated carbocycles. The Balaban J connectivity index is 2.56. The predicted molar refractivity (Wildman–Crippen MR) is 53.8 cm³/mol. The molecule has 0 bridgehead atoms. The first-order valence-electron chi connectivity index (χ1n) is 5.32. The van der Waals surface area contributed by atoms with Gasteiger partial charge in [-0.1, -0.05) is 0 Å². The zero-order chi connectivity index (χ0) is 14.2. The average molecular weight is 278 g/mol. The lowest BCUT2D eigenvalue weighted by molar-refractivity contribution is 0.0999. The lowest BCUT2D eigenvalue weighted by Crippen LogP contribution is -2.16. The number of ketones is 1. The molecule has 102 valence electrons. The summed E-state index contributed by atoms with van der Waals surface area (Å²) in [6.07, 6.45) is 1.55. The standard InChI is InChI=1S/C12H7F5O2/c13-7-6(8(14)10(16)11(17)9(7)15)12(18)5-2-1-3-19-4-5/h4H,1-3H2. The molecule has 0 unspecified atom stereocenters. The van der Waals surface area contributed by atoms with Crippen molar-refractivity contribution in [3.05, 3.63) is 46.5 Å². The van der Waals surface area contributed by atoms with Crippen LogP contribution in [0.4, 0.5) is 22.0 Å². The monoisotopic (exact) mass is 278 g/mol. The molecule has 0 N–H and O–H groups in total. The van der Waals surface area contributed by atoms with Crippen LogP contribution in [-0.2, 0) is 4.74 Å². The molecule has 0 amide bonds. The lowest BCUT2D eigenvalue weighted by Gasteiger charge is -2.14. The van der Waals surface area contributed by atoms with Crippen molar-refractivity contribution >= 4 is 5.78 Å². The Morgan fingerprint density at radius 2 is 1.47 bits per heavy atom. The number of rotatable bonds is 2. The molecule has 1 heterocycles. The Morgan fingerprint density at radius 3 is 1.95 bits per heavy atom. The van der Waals surface area contributed by atoms with E-state index in [0.717, 1.165) is 6.26 Å². The van der Waals surface area contributed by atoms with Crippen molar-refractivity contribution in [2.45, 2.75) is 12.8 Å². The van der Waals surface area contributed by atoms with Crippen LogP contribution >= 0.6 is 0 Å². The summed E-state index contributed by atoms with van der Waals surface area (Å²) in [6.45, 7) is 0.327. The number of carbonyl (C=O) groups is 1. The van der Waals surface area contributed by atoms with Crippen LogP contribution in [0.2, 0.25) is 0 Å².